The van der Waals surface area contributed by atoms with Crippen LogP contribution in [0.3, 0.4) is 0 Å². The maximum atomic E-state index is 11.0. The van der Waals surface area contributed by atoms with Crippen molar-refractivity contribution in [1.82, 2.24) is 14.8 Å². The zero-order valence-electron chi connectivity index (χ0n) is 6.90. The molecule has 1 aromatic heterocycles. The molecular formula is C5H9N3O3S2. The lowest BCUT2D eigenvalue weighted by atomic mass is 10.7. The van der Waals surface area contributed by atoms with Gasteiger partial charge in [0.05, 0.1) is 5.75 Å². The summed E-state index contributed by atoms with van der Waals surface area (Å²) in [6.45, 7) is 0.0799. The lowest BCUT2D eigenvalue weighted by molar-refractivity contribution is 0.592. The minimum atomic E-state index is -3.07. The number of nitrogens with one attached hydrogen (secondary N) is 2. The van der Waals surface area contributed by atoms with Crippen LogP contribution >= 0.6 is 12.2 Å². The summed E-state index contributed by atoms with van der Waals surface area (Å²) >= 11 is 4.74. The van der Waals surface area contributed by atoms with Gasteiger partial charge in [-0.15, -0.1) is 0 Å². The van der Waals surface area contributed by atoms with Crippen LogP contribution in [-0.4, -0.2) is 35.2 Å². The SMILES string of the molecule is CS(=O)(=O)CCn1c(=O)[nH][nH]c1=S. The van der Waals surface area contributed by atoms with Crippen LogP contribution < -0.4 is 5.69 Å². The molecular weight excluding hydrogens is 214 g/mol. The molecule has 0 aliphatic carbocycles. The second-order valence-electron chi connectivity index (χ2n) is 2.64. The van der Waals surface area contributed by atoms with Crippen molar-refractivity contribution >= 4 is 22.1 Å². The second kappa shape index (κ2) is 3.46. The number of rotatable bonds is 3. The van der Waals surface area contributed by atoms with E-state index in [0.717, 1.165) is 10.8 Å². The van der Waals surface area contributed by atoms with Crippen molar-refractivity contribution in [2.24, 2.45) is 0 Å². The third kappa shape index (κ3) is 2.81. The van der Waals surface area contributed by atoms with Crippen molar-refractivity contribution in [2.75, 3.05) is 12.0 Å². The van der Waals surface area contributed by atoms with Gasteiger partial charge in [0.2, 0.25) is 0 Å². The van der Waals surface area contributed by atoms with Crippen LogP contribution in [0.2, 0.25) is 0 Å². The van der Waals surface area contributed by atoms with Gasteiger partial charge >= 0.3 is 5.69 Å². The molecule has 0 spiro atoms. The molecule has 0 saturated heterocycles. The molecule has 0 fully saturated rings. The van der Waals surface area contributed by atoms with Gasteiger partial charge in [-0.05, 0) is 12.2 Å². The number of hydrogen-bond donors (Lipinski definition) is 2. The normalized spacial score (nSPS) is 11.8. The first-order valence-electron chi connectivity index (χ1n) is 3.45. The highest BCUT2D eigenvalue weighted by molar-refractivity contribution is 7.90. The molecule has 2 N–H and O–H groups in total. The number of nitrogens with zero attached hydrogens (tertiary/aromatic N) is 1. The Balaban J connectivity index is 2.88. The van der Waals surface area contributed by atoms with E-state index in [4.69, 9.17) is 12.2 Å². The molecule has 8 heteroatoms. The fourth-order valence-electron chi connectivity index (χ4n) is 0.794. The van der Waals surface area contributed by atoms with Crippen molar-refractivity contribution in [1.29, 1.82) is 0 Å². The molecule has 13 heavy (non-hydrogen) atoms. The Hall–Kier alpha value is -0.890. The Morgan fingerprint density at radius 2 is 2.08 bits per heavy atom. The smallest absolute Gasteiger partial charge is 0.272 e. The molecule has 0 amide bonds. The first-order chi connectivity index (χ1) is 5.90. The summed E-state index contributed by atoms with van der Waals surface area (Å²) in [6.07, 6.45) is 1.11. The minimum absolute atomic E-state index is 0.0799. The zero-order chi connectivity index (χ0) is 10.1. The standard InChI is InChI=1S/C5H9N3O3S2/c1-13(10,11)3-2-8-4(9)6-7-5(8)12/h2-3H2,1H3,(H,6,9)(H,7,12). The third-order valence-electron chi connectivity index (χ3n) is 1.45. The highest BCUT2D eigenvalue weighted by atomic mass is 32.2. The molecule has 6 nitrogen and oxygen atoms in total. The van der Waals surface area contributed by atoms with Gasteiger partial charge in [-0.1, -0.05) is 0 Å². The number of hydrogen-bond acceptors (Lipinski definition) is 4. The summed E-state index contributed by atoms with van der Waals surface area (Å²) in [5.41, 5.74) is -0.423. The Kier molecular flexibility index (Phi) is 2.71. The van der Waals surface area contributed by atoms with Gasteiger partial charge in [0, 0.05) is 12.8 Å². The Morgan fingerprint density at radius 1 is 1.46 bits per heavy atom. The number of H-pyrrole nitrogens is 2. The van der Waals surface area contributed by atoms with E-state index in [-0.39, 0.29) is 17.1 Å². The average molecular weight is 223 g/mol. The number of aromatic nitrogens is 3. The number of aromatic amines is 2. The predicted molar refractivity (Wildman–Crippen MR) is 49.9 cm³/mol. The fraction of sp³-hybridized carbons (Fsp3) is 0.600. The largest absolute Gasteiger partial charge is 0.342 e. The van der Waals surface area contributed by atoms with Gasteiger partial charge in [0.15, 0.2) is 4.77 Å². The summed E-state index contributed by atoms with van der Waals surface area (Å²) in [4.78, 5) is 11.0. The van der Waals surface area contributed by atoms with E-state index in [2.05, 4.69) is 10.2 Å². The van der Waals surface area contributed by atoms with Crippen LogP contribution in [0.5, 0.6) is 0 Å². The van der Waals surface area contributed by atoms with Crippen LogP contribution in [0.15, 0.2) is 4.79 Å². The summed E-state index contributed by atoms with van der Waals surface area (Å²) in [5, 5.41) is 4.68. The molecule has 0 bridgehead atoms. The van der Waals surface area contributed by atoms with Crippen molar-refractivity contribution in [3.8, 4) is 0 Å². The average Bonchev–Trinajstić information content (AvgIpc) is 2.27. The lowest BCUT2D eigenvalue weighted by Crippen LogP contribution is -2.21. The molecule has 0 unspecified atom stereocenters. The van der Waals surface area contributed by atoms with Gasteiger partial charge in [-0.2, -0.15) is 0 Å². The van der Waals surface area contributed by atoms with E-state index >= 15 is 0 Å². The topological polar surface area (TPSA) is 87.7 Å². The van der Waals surface area contributed by atoms with Crippen molar-refractivity contribution in [3.63, 3.8) is 0 Å². The van der Waals surface area contributed by atoms with Crippen molar-refractivity contribution in [3.05, 3.63) is 15.3 Å². The van der Waals surface area contributed by atoms with E-state index in [1.807, 2.05) is 0 Å². The van der Waals surface area contributed by atoms with Crippen LogP contribution in [0, 0.1) is 4.77 Å². The molecule has 0 aromatic carbocycles. The van der Waals surface area contributed by atoms with Gasteiger partial charge < -0.3 is 0 Å². The van der Waals surface area contributed by atoms with Gasteiger partial charge in [0.1, 0.15) is 9.84 Å². The highest BCUT2D eigenvalue weighted by Gasteiger charge is 2.05. The summed E-state index contributed by atoms with van der Waals surface area (Å²) in [5.74, 6) is -0.0950. The minimum Gasteiger partial charge on any atom is -0.272 e. The lowest BCUT2D eigenvalue weighted by Gasteiger charge is -1.97. The fourth-order valence-corrected chi connectivity index (χ4v) is 1.53. The monoisotopic (exact) mass is 223 g/mol. The first-order valence-corrected chi connectivity index (χ1v) is 5.92. The van der Waals surface area contributed by atoms with E-state index in [1.165, 1.54) is 0 Å². The maximum Gasteiger partial charge on any atom is 0.342 e. The van der Waals surface area contributed by atoms with E-state index in [9.17, 15) is 13.2 Å². The van der Waals surface area contributed by atoms with Crippen molar-refractivity contribution < 1.29 is 8.42 Å². The Bertz CT molecular complexity index is 464. The molecule has 0 atom stereocenters. The molecule has 0 saturated carbocycles. The Labute approximate surface area is 79.5 Å². The van der Waals surface area contributed by atoms with Gasteiger partial charge in [-0.3, -0.25) is 9.67 Å². The predicted octanol–water partition coefficient (Wildman–Crippen LogP) is -0.721. The molecule has 1 aromatic rings. The van der Waals surface area contributed by atoms with Crippen LogP contribution in [0.4, 0.5) is 0 Å². The highest BCUT2D eigenvalue weighted by Crippen LogP contribution is 1.87. The van der Waals surface area contributed by atoms with E-state index in [1.54, 1.807) is 0 Å². The Morgan fingerprint density at radius 3 is 2.46 bits per heavy atom. The maximum absolute atomic E-state index is 11.0. The summed E-state index contributed by atoms with van der Waals surface area (Å²) < 4.78 is 22.9. The van der Waals surface area contributed by atoms with Gasteiger partial charge in [-0.25, -0.2) is 18.3 Å². The van der Waals surface area contributed by atoms with Crippen LogP contribution in [0.1, 0.15) is 0 Å². The summed E-state index contributed by atoms with van der Waals surface area (Å²) in [6, 6.07) is 0. The van der Waals surface area contributed by atoms with Crippen LogP contribution in [0.25, 0.3) is 0 Å². The third-order valence-corrected chi connectivity index (χ3v) is 2.70. The molecule has 0 radical (unpaired) electrons. The number of sulfone groups is 1. The summed E-state index contributed by atoms with van der Waals surface area (Å²) in [7, 11) is -3.07. The van der Waals surface area contributed by atoms with Gasteiger partial charge in [0.25, 0.3) is 0 Å². The second-order valence-corrected chi connectivity index (χ2v) is 5.29. The molecule has 0 aliphatic heterocycles. The first kappa shape index (κ1) is 10.2. The molecule has 0 aliphatic rings. The molecule has 1 heterocycles. The van der Waals surface area contributed by atoms with Crippen molar-refractivity contribution in [2.45, 2.75) is 6.54 Å². The zero-order valence-corrected chi connectivity index (χ0v) is 8.54. The van der Waals surface area contributed by atoms with E-state index in [0.29, 0.717) is 0 Å². The van der Waals surface area contributed by atoms with E-state index < -0.39 is 15.5 Å². The van der Waals surface area contributed by atoms with Crippen LogP contribution in [-0.2, 0) is 16.4 Å². The molecule has 74 valence electrons. The molecule has 1 rings (SSSR count). The quantitative estimate of drug-likeness (QED) is 0.662.